The smallest absolute Gasteiger partial charge is 0.225 e. The maximum absolute atomic E-state index is 9.86. The predicted molar refractivity (Wildman–Crippen MR) is 74.4 cm³/mol. The van der Waals surface area contributed by atoms with Gasteiger partial charge in [-0.3, -0.25) is 0 Å². The van der Waals surface area contributed by atoms with Crippen LogP contribution in [-0.2, 0) is 0 Å². The lowest BCUT2D eigenvalue weighted by molar-refractivity contribution is 0.164. The van der Waals surface area contributed by atoms with Crippen molar-refractivity contribution in [1.29, 1.82) is 0 Å². The number of aliphatic hydroxyl groups excluding tert-OH is 1. The molecule has 0 amide bonds. The van der Waals surface area contributed by atoms with Crippen LogP contribution in [-0.4, -0.2) is 27.7 Å². The van der Waals surface area contributed by atoms with Gasteiger partial charge >= 0.3 is 0 Å². The summed E-state index contributed by atoms with van der Waals surface area (Å²) in [6.07, 6.45) is 1.95. The van der Waals surface area contributed by atoms with Crippen LogP contribution in [0.4, 0.5) is 5.82 Å². The first-order chi connectivity index (χ1) is 8.63. The first kappa shape index (κ1) is 12.1. The Bertz CT molecular complexity index is 582. The number of rotatable bonds is 4. The van der Waals surface area contributed by atoms with Gasteiger partial charge in [-0.2, -0.15) is 0 Å². The van der Waals surface area contributed by atoms with E-state index < -0.39 is 0 Å². The van der Waals surface area contributed by atoms with Gasteiger partial charge in [-0.15, -0.1) is 11.3 Å². The summed E-state index contributed by atoms with van der Waals surface area (Å²) in [6.45, 7) is 2.55. The van der Waals surface area contributed by atoms with Gasteiger partial charge in [0.2, 0.25) is 5.28 Å². The molecule has 1 atom stereocenters. The Balaban J connectivity index is 1.85. The lowest BCUT2D eigenvalue weighted by Gasteiger charge is -2.11. The van der Waals surface area contributed by atoms with Crippen LogP contribution in [0.15, 0.2) is 6.07 Å². The minimum absolute atomic E-state index is 0.243. The summed E-state index contributed by atoms with van der Waals surface area (Å²) in [5.41, 5.74) is 0. The zero-order valence-electron chi connectivity index (χ0n) is 9.98. The predicted octanol–water partition coefficient (Wildman–Crippen LogP) is 2.84. The Hall–Kier alpha value is -0.910. The number of aliphatic hydroxyl groups is 1. The van der Waals surface area contributed by atoms with E-state index in [1.807, 2.05) is 13.0 Å². The summed E-state index contributed by atoms with van der Waals surface area (Å²) in [5.74, 6) is 1.17. The molecule has 0 aliphatic heterocycles. The van der Waals surface area contributed by atoms with Crippen molar-refractivity contribution in [2.24, 2.45) is 5.92 Å². The molecule has 0 saturated heterocycles. The van der Waals surface area contributed by atoms with Gasteiger partial charge in [0.15, 0.2) is 0 Å². The quantitative estimate of drug-likeness (QED) is 0.847. The van der Waals surface area contributed by atoms with Crippen LogP contribution in [0.1, 0.15) is 17.7 Å². The number of hydrogen-bond acceptors (Lipinski definition) is 5. The molecule has 4 nitrogen and oxygen atoms in total. The van der Waals surface area contributed by atoms with Gasteiger partial charge in [0, 0.05) is 11.4 Å². The van der Waals surface area contributed by atoms with E-state index in [1.54, 1.807) is 11.3 Å². The fourth-order valence-electron chi connectivity index (χ4n) is 2.00. The average Bonchev–Trinajstić information content (AvgIpc) is 3.08. The molecule has 2 aromatic rings. The second kappa shape index (κ2) is 4.64. The highest BCUT2D eigenvalue weighted by Crippen LogP contribution is 2.33. The third-order valence-electron chi connectivity index (χ3n) is 3.13. The number of thiophene rings is 1. The minimum atomic E-state index is -0.298. The molecule has 0 aromatic carbocycles. The molecule has 2 heterocycles. The number of nitrogens with one attached hydrogen (secondary N) is 1. The maximum Gasteiger partial charge on any atom is 0.225 e. The average molecular weight is 284 g/mol. The van der Waals surface area contributed by atoms with Crippen molar-refractivity contribution in [3.05, 3.63) is 16.2 Å². The van der Waals surface area contributed by atoms with Crippen molar-refractivity contribution in [3.8, 4) is 0 Å². The molecule has 3 rings (SSSR count). The van der Waals surface area contributed by atoms with E-state index in [1.165, 1.54) is 4.88 Å². The third-order valence-corrected chi connectivity index (χ3v) is 4.25. The highest BCUT2D eigenvalue weighted by Gasteiger charge is 2.29. The van der Waals surface area contributed by atoms with Gasteiger partial charge < -0.3 is 10.4 Å². The molecule has 1 unspecified atom stereocenters. The maximum atomic E-state index is 9.86. The number of aryl methyl sites for hydroxylation is 1. The first-order valence-corrected chi connectivity index (χ1v) is 7.18. The van der Waals surface area contributed by atoms with Crippen molar-refractivity contribution >= 4 is 39.0 Å². The molecule has 0 spiro atoms. The number of anilines is 1. The highest BCUT2D eigenvalue weighted by molar-refractivity contribution is 7.18. The van der Waals surface area contributed by atoms with Crippen LogP contribution in [0.25, 0.3) is 10.2 Å². The number of nitrogens with zero attached hydrogens (tertiary/aromatic N) is 2. The fraction of sp³-hybridized carbons (Fsp3) is 0.500. The molecule has 1 aliphatic carbocycles. The first-order valence-electron chi connectivity index (χ1n) is 5.99. The number of hydrogen-bond donors (Lipinski definition) is 2. The van der Waals surface area contributed by atoms with E-state index >= 15 is 0 Å². The van der Waals surface area contributed by atoms with Crippen LogP contribution in [0.2, 0.25) is 5.28 Å². The van der Waals surface area contributed by atoms with Crippen molar-refractivity contribution in [2.45, 2.75) is 25.9 Å². The van der Waals surface area contributed by atoms with Crippen molar-refractivity contribution in [1.82, 2.24) is 9.97 Å². The molecule has 96 valence electrons. The third kappa shape index (κ3) is 2.43. The molecule has 1 aliphatic rings. The van der Waals surface area contributed by atoms with E-state index in [2.05, 4.69) is 15.3 Å². The van der Waals surface area contributed by atoms with E-state index in [0.29, 0.717) is 18.3 Å². The summed E-state index contributed by atoms with van der Waals surface area (Å²) >= 11 is 7.50. The van der Waals surface area contributed by atoms with Crippen LogP contribution in [0.5, 0.6) is 0 Å². The summed E-state index contributed by atoms with van der Waals surface area (Å²) in [4.78, 5) is 10.5. The summed E-state index contributed by atoms with van der Waals surface area (Å²) in [7, 11) is 0. The van der Waals surface area contributed by atoms with Crippen LogP contribution < -0.4 is 5.32 Å². The lowest BCUT2D eigenvalue weighted by Crippen LogP contribution is -2.21. The molecule has 18 heavy (non-hydrogen) atoms. The van der Waals surface area contributed by atoms with Crippen molar-refractivity contribution in [3.63, 3.8) is 0 Å². The molecule has 2 N–H and O–H groups in total. The van der Waals surface area contributed by atoms with E-state index in [-0.39, 0.29) is 11.4 Å². The monoisotopic (exact) mass is 283 g/mol. The summed E-state index contributed by atoms with van der Waals surface area (Å²) in [6, 6.07) is 2.04. The Morgan fingerprint density at radius 2 is 2.33 bits per heavy atom. The second-order valence-electron chi connectivity index (χ2n) is 4.70. The summed E-state index contributed by atoms with van der Waals surface area (Å²) < 4.78 is 0. The molecule has 1 fully saturated rings. The van der Waals surface area contributed by atoms with Crippen molar-refractivity contribution in [2.75, 3.05) is 11.9 Å². The minimum Gasteiger partial charge on any atom is -0.391 e. The van der Waals surface area contributed by atoms with E-state index in [4.69, 9.17) is 11.6 Å². The van der Waals surface area contributed by atoms with Gasteiger partial charge in [-0.05, 0) is 43.4 Å². The Kier molecular flexibility index (Phi) is 3.13. The highest BCUT2D eigenvalue weighted by atomic mass is 35.5. The molecule has 0 radical (unpaired) electrons. The standard InChI is InChI=1S/C12H14ClN3OS/c1-6-4-8-10(14-5-9(17)7-2-3-7)15-12(13)16-11(8)18-6/h4,7,9,17H,2-3,5H2,1H3,(H,14,15,16). The van der Waals surface area contributed by atoms with Crippen LogP contribution in [0, 0.1) is 12.8 Å². The van der Waals surface area contributed by atoms with Crippen LogP contribution in [0.3, 0.4) is 0 Å². The Labute approximate surface area is 114 Å². The van der Waals surface area contributed by atoms with Gasteiger partial charge in [-0.25, -0.2) is 9.97 Å². The largest absolute Gasteiger partial charge is 0.391 e. The number of aromatic nitrogens is 2. The number of halogens is 1. The zero-order chi connectivity index (χ0) is 12.7. The SMILES string of the molecule is Cc1cc2c(NCC(O)C3CC3)nc(Cl)nc2s1. The van der Waals surface area contributed by atoms with E-state index in [0.717, 1.165) is 23.1 Å². The van der Waals surface area contributed by atoms with Gasteiger partial charge in [-0.1, -0.05) is 0 Å². The molecule has 0 bridgehead atoms. The zero-order valence-corrected chi connectivity index (χ0v) is 11.6. The lowest BCUT2D eigenvalue weighted by atomic mass is 10.2. The Morgan fingerprint density at radius 1 is 1.56 bits per heavy atom. The normalized spacial score (nSPS) is 17.1. The molecule has 1 saturated carbocycles. The van der Waals surface area contributed by atoms with Gasteiger partial charge in [0.05, 0.1) is 11.5 Å². The van der Waals surface area contributed by atoms with E-state index in [9.17, 15) is 5.11 Å². The molecule has 2 aromatic heterocycles. The number of fused-ring (bicyclic) bond motifs is 1. The molecular formula is C12H14ClN3OS. The fourth-order valence-corrected chi connectivity index (χ4v) is 3.10. The molecular weight excluding hydrogens is 270 g/mol. The van der Waals surface area contributed by atoms with Crippen molar-refractivity contribution < 1.29 is 5.11 Å². The summed E-state index contributed by atoms with van der Waals surface area (Å²) in [5, 5.41) is 14.3. The topological polar surface area (TPSA) is 58.0 Å². The van der Waals surface area contributed by atoms with Gasteiger partial charge in [0.1, 0.15) is 10.6 Å². The molecule has 6 heteroatoms. The second-order valence-corrected chi connectivity index (χ2v) is 6.28. The Morgan fingerprint density at radius 3 is 3.06 bits per heavy atom. The van der Waals surface area contributed by atoms with Gasteiger partial charge in [0.25, 0.3) is 0 Å². The van der Waals surface area contributed by atoms with Crippen LogP contribution >= 0.6 is 22.9 Å².